The molecule has 0 atom stereocenters. The fraction of sp³-hybridized carbons (Fsp3) is 0.190. The number of benzene rings is 4. The van der Waals surface area contributed by atoms with Crippen molar-refractivity contribution in [2.45, 2.75) is 131 Å². The summed E-state index contributed by atoms with van der Waals surface area (Å²) < 4.78 is -0.366. The molecule has 0 unspecified atom stereocenters. The highest BCUT2D eigenvalue weighted by molar-refractivity contribution is 9.12. The molecule has 0 amide bonds. The normalized spacial score (nSPS) is 9.99. The maximum absolute atomic E-state index is 10.8. The quantitative estimate of drug-likeness (QED) is 0.0123. The van der Waals surface area contributed by atoms with Crippen LogP contribution in [0.5, 0.6) is 0 Å². The van der Waals surface area contributed by atoms with Crippen LogP contribution >= 0.6 is 15.9 Å². The van der Waals surface area contributed by atoms with Gasteiger partial charge in [0.15, 0.2) is 57.8 Å². The Balaban J connectivity index is -0.000000130. The van der Waals surface area contributed by atoms with Crippen LogP contribution in [0.3, 0.4) is 0 Å². The van der Waals surface area contributed by atoms with Gasteiger partial charge in [0.1, 0.15) is 10.3 Å². The zero-order chi connectivity index (χ0) is 115. The number of carboxylic acid groups (broad SMARTS) is 16. The molecule has 144 heavy (non-hydrogen) atoms. The Hall–Kier alpha value is -18.6. The van der Waals surface area contributed by atoms with Gasteiger partial charge in [0.2, 0.25) is 0 Å². The first kappa shape index (κ1) is 151. The second kappa shape index (κ2) is 96.1. The van der Waals surface area contributed by atoms with Gasteiger partial charge in [0, 0.05) is 71.2 Å². The molecule has 4 aromatic carbocycles. The zero-order valence-corrected chi connectivity index (χ0v) is 82.6. The van der Waals surface area contributed by atoms with Gasteiger partial charge in [-0.05, 0) is 224 Å². The molecule has 0 aromatic heterocycles. The largest absolute Gasteiger partial charge is 0.481 e. The SMILES string of the molecule is C/C(=C/C(=O)O)C(=O)O.C/C(=C\C(=O)O)C(=O)O.C/C=C/C(C)=O.C/C=C/C=C/C(C)=O.C/C=C\C(C)=O.C=C(C)C(C)=O.C=CC(C)=O.CC(=O)/C=C(/CC(=O)O)C(=O)O.CC(=O)/C=C/c1ccccc1.CC(=O)/C=C\C(=O)O.CC(=O)C/C=C/C(=O)O.CC(=O)c1ccc(C(=O)O)cc1.CC(=O)c1cccc(C(=O)O)c1.O=C(O)/C=C(/Br)C(=O)O.O=C(O)/C=C/C=C/C(=O)O.O=C(O)c1ccccc1C(=O)O. The Morgan fingerprint density at radius 3 is 0.875 bits per heavy atom. The Morgan fingerprint density at radius 2 is 0.646 bits per heavy atom. The predicted octanol–water partition coefficient (Wildman–Crippen LogP) is 14.3. The summed E-state index contributed by atoms with van der Waals surface area (Å²) in [5.41, 5.74) is 1.82. The smallest absolute Gasteiger partial charge is 0.343 e. The van der Waals surface area contributed by atoms with Crippen molar-refractivity contribution in [3.05, 3.63) is 316 Å². The Kier molecular flexibility index (Phi) is 101. The van der Waals surface area contributed by atoms with Crippen LogP contribution in [-0.4, -0.2) is 241 Å². The minimum absolute atomic E-state index is 0.0185. The number of aromatic carboxylic acids is 4. The minimum Gasteiger partial charge on any atom is -0.481 e. The summed E-state index contributed by atoms with van der Waals surface area (Å²) in [4.78, 5) is 273. The summed E-state index contributed by atoms with van der Waals surface area (Å²) in [6.45, 7) is 32.1. The van der Waals surface area contributed by atoms with Crippen LogP contribution in [-0.2, 0) is 101 Å². The first-order valence-electron chi connectivity index (χ1n) is 39.5. The topological polar surface area (TPSA) is 785 Å². The summed E-state index contributed by atoms with van der Waals surface area (Å²) in [5.74, 6) is -19.4. The van der Waals surface area contributed by atoms with Crippen LogP contribution in [0.4, 0.5) is 0 Å². The Labute approximate surface area is 834 Å². The van der Waals surface area contributed by atoms with E-state index in [2.05, 4.69) is 29.1 Å². The number of carboxylic acids is 16. The first-order valence-corrected chi connectivity index (χ1v) is 40.3. The van der Waals surface area contributed by atoms with E-state index in [1.807, 2.05) is 69.3 Å². The molecule has 44 heteroatoms. The molecular weight excluding hydrogens is 1970 g/mol. The van der Waals surface area contributed by atoms with Crippen LogP contribution < -0.4 is 0 Å². The van der Waals surface area contributed by atoms with E-state index >= 15 is 0 Å². The molecule has 0 spiro atoms. The van der Waals surface area contributed by atoms with E-state index in [-0.39, 0.29) is 102 Å². The van der Waals surface area contributed by atoms with Gasteiger partial charge in [-0.1, -0.05) is 135 Å². The molecular formula is C100H115BrO43. The lowest BCUT2D eigenvalue weighted by Gasteiger charge is -1.98. The maximum Gasteiger partial charge on any atom is 0.343 e. The molecule has 0 fully saturated rings. The lowest BCUT2D eigenvalue weighted by atomic mass is 10.1. The van der Waals surface area contributed by atoms with E-state index in [1.165, 1.54) is 167 Å². The molecule has 780 valence electrons. The van der Waals surface area contributed by atoms with Crippen LogP contribution in [0.2, 0.25) is 0 Å². The highest BCUT2D eigenvalue weighted by Gasteiger charge is 2.15. The number of hydrogen-bond donors (Lipinski definition) is 16. The van der Waals surface area contributed by atoms with Gasteiger partial charge < -0.3 is 81.7 Å². The van der Waals surface area contributed by atoms with E-state index < -0.39 is 113 Å². The van der Waals surface area contributed by atoms with Gasteiger partial charge in [-0.3, -0.25) is 57.5 Å². The van der Waals surface area contributed by atoms with Crippen molar-refractivity contribution in [1.29, 1.82) is 0 Å². The average Bonchev–Trinajstić information content (AvgIpc) is 0.804. The van der Waals surface area contributed by atoms with Crippen LogP contribution in [0.15, 0.2) is 277 Å². The van der Waals surface area contributed by atoms with Crippen molar-refractivity contribution in [1.82, 2.24) is 0 Å². The monoisotopic (exact) mass is 2080 g/mol. The molecule has 4 aromatic rings. The van der Waals surface area contributed by atoms with Crippen molar-refractivity contribution in [2.75, 3.05) is 0 Å². The standard InChI is InChI=1S/C10H10O.2C9H8O3.C8H6O4.C7H8O5.C7H10O.C6H6O4.C6H8O3.2C5H6O4.C5H6O3.3C5H8O.C4H3BrO4.C4H6O/c1-9(11)7-8-10-5-3-2-4-6-10;1-6(10)7-2-4-8(5-3-7)9(11)12;1-6(10)7-3-2-4-8(5-7)9(11)12;9-7(10)5-3-1-2-4-6(5)8(11)12;1-4(8)2-5(7(11)12)3-6(9)10;1-3-4-5-6-7(2)8;7-5(8)3-1-2-4-6(9)10;1-5(7)3-2-4-6(8)9;2*1-3(5(8)9)2-4(6)7;1-4(6)2-3-5(7)8;1-4(2)5(3)6;2*1-3-4-5(2)6;5-2(4(8)9)1-3(6)7;1-3-4(2)5/h2-8H,1H3;2*2-5H,1H3,(H,11,12);1-4H,(H,9,10)(H,11,12);2H,3H2,1H3,(H,9,10)(H,11,12);3-6H,1-2H3;1-4H,(H,7,8)(H,9,10);2,4H,3H2,1H3,(H,8,9);2*2H,1H3,(H,6,7)(H,8,9);2-3H,1H3,(H,7,8);1H2,2-3H3;2*3-4H,1-2H3;1H,(H,6,7)(H,8,9);3H,1H2,2H3/b8-7+;;;;5-2-;4-3+,6-5+;3-1+,4-2+;4-2+;3-2+;2*3-2-;;4-3+;4-3-;2-1+;. The van der Waals surface area contributed by atoms with Gasteiger partial charge in [-0.15, -0.1) is 0 Å². The summed E-state index contributed by atoms with van der Waals surface area (Å²) in [6, 6.07) is 27.0. The Morgan fingerprint density at radius 1 is 0.306 bits per heavy atom. The summed E-state index contributed by atoms with van der Waals surface area (Å²) in [6.07, 6.45) is 28.4. The minimum atomic E-state index is -1.38. The van der Waals surface area contributed by atoms with E-state index in [1.54, 1.807) is 50.3 Å². The number of aliphatic carboxylic acids is 12. The highest BCUT2D eigenvalue weighted by atomic mass is 79.9. The third-order valence-corrected chi connectivity index (χ3v) is 13.2. The van der Waals surface area contributed by atoms with Crippen molar-refractivity contribution < 1.29 is 211 Å². The van der Waals surface area contributed by atoms with Crippen molar-refractivity contribution in [3.8, 4) is 0 Å². The highest BCUT2D eigenvalue weighted by Crippen LogP contribution is 2.10. The lowest BCUT2D eigenvalue weighted by molar-refractivity contribution is -0.139. The molecule has 0 aliphatic heterocycles. The second-order valence-corrected chi connectivity index (χ2v) is 26.7. The third-order valence-electron chi connectivity index (χ3n) is 12.6. The van der Waals surface area contributed by atoms with E-state index in [9.17, 15) is 129 Å². The number of allylic oxidation sites excluding steroid dienone is 16. The van der Waals surface area contributed by atoms with E-state index in [0.717, 1.165) is 61.1 Å². The number of hydrogen-bond acceptors (Lipinski definition) is 27. The number of carbonyl (C=O) groups is 27. The molecule has 0 saturated carbocycles. The number of rotatable bonds is 32. The second-order valence-electron chi connectivity index (χ2n) is 25.8. The van der Waals surface area contributed by atoms with Crippen LogP contribution in [0.1, 0.15) is 198 Å². The van der Waals surface area contributed by atoms with Crippen LogP contribution in [0, 0.1) is 0 Å². The summed E-state index contributed by atoms with van der Waals surface area (Å²) in [7, 11) is 0. The fourth-order valence-corrected chi connectivity index (χ4v) is 6.37. The molecule has 0 radical (unpaired) electrons. The molecule has 0 saturated heterocycles. The van der Waals surface area contributed by atoms with Gasteiger partial charge in [0.25, 0.3) is 0 Å². The number of carbonyl (C=O) groups excluding carboxylic acids is 11. The number of halogens is 1. The molecule has 16 N–H and O–H groups in total. The predicted molar refractivity (Wildman–Crippen MR) is 527 cm³/mol. The third kappa shape index (κ3) is 127. The molecule has 4 rings (SSSR count). The molecule has 0 aliphatic rings. The van der Waals surface area contributed by atoms with E-state index in [0.29, 0.717) is 34.9 Å². The molecule has 43 nitrogen and oxygen atoms in total. The summed E-state index contributed by atoms with van der Waals surface area (Å²) in [5, 5.41) is 131. The van der Waals surface area contributed by atoms with Crippen molar-refractivity contribution in [2.24, 2.45) is 0 Å². The van der Waals surface area contributed by atoms with Crippen molar-refractivity contribution in [3.63, 3.8) is 0 Å². The summed E-state index contributed by atoms with van der Waals surface area (Å²) >= 11 is 2.52. The Bertz CT molecular complexity index is 5200. The van der Waals surface area contributed by atoms with Crippen molar-refractivity contribution >= 4 is 181 Å². The van der Waals surface area contributed by atoms with E-state index in [4.69, 9.17) is 81.7 Å². The average molecular weight is 2080 g/mol. The van der Waals surface area contributed by atoms with Gasteiger partial charge >= 0.3 is 95.5 Å². The van der Waals surface area contributed by atoms with Crippen LogP contribution in [0.25, 0.3) is 6.08 Å². The molecule has 0 heterocycles. The number of Topliss-reactive ketones (excluding diaryl/α,β-unsaturated/α-hetero) is 4. The van der Waals surface area contributed by atoms with Gasteiger partial charge in [0.05, 0.1) is 34.2 Å². The van der Waals surface area contributed by atoms with Gasteiger partial charge in [-0.25, -0.2) is 71.9 Å². The van der Waals surface area contributed by atoms with Gasteiger partial charge in [-0.2, -0.15) is 0 Å². The zero-order valence-electron chi connectivity index (χ0n) is 81.0. The lowest BCUT2D eigenvalue weighted by Crippen LogP contribution is -2.08. The molecule has 0 bridgehead atoms. The fourth-order valence-electron chi connectivity index (χ4n) is 6.17. The molecule has 0 aliphatic carbocycles. The maximum atomic E-state index is 10.8. The first-order chi connectivity index (χ1) is 66.3. The number of ketones is 11.